The van der Waals surface area contributed by atoms with E-state index in [0.29, 0.717) is 0 Å². The summed E-state index contributed by atoms with van der Waals surface area (Å²) in [5.74, 6) is 1.82. The van der Waals surface area contributed by atoms with E-state index in [0.717, 1.165) is 46.1 Å². The number of rotatable bonds is 6. The first-order valence-corrected chi connectivity index (χ1v) is 9.33. The molecule has 1 N–H and O–H groups in total. The van der Waals surface area contributed by atoms with Crippen LogP contribution >= 0.6 is 11.3 Å². The van der Waals surface area contributed by atoms with Gasteiger partial charge in [0, 0.05) is 0 Å². The molecule has 1 aliphatic carbocycles. The van der Waals surface area contributed by atoms with Gasteiger partial charge in [-0.15, -0.1) is 11.3 Å². The van der Waals surface area contributed by atoms with Gasteiger partial charge in [0.25, 0.3) is 0 Å². The Balaban J connectivity index is 1.84. The summed E-state index contributed by atoms with van der Waals surface area (Å²) in [4.78, 5) is 4.81. The smallest absolute Gasteiger partial charge is 0.186 e. The van der Waals surface area contributed by atoms with Crippen molar-refractivity contribution in [1.82, 2.24) is 10.3 Å². The molecule has 130 valence electrons. The Kier molecular flexibility index (Phi) is 4.72. The van der Waals surface area contributed by atoms with E-state index < -0.39 is 0 Å². The number of ether oxygens (including phenoxy) is 2. The van der Waals surface area contributed by atoms with Gasteiger partial charge in [0.1, 0.15) is 16.4 Å². The number of methoxy groups -OCH3 is 1. The average Bonchev–Trinajstić information content (AvgIpc) is 3.29. The quantitative estimate of drug-likeness (QED) is 0.733. The van der Waals surface area contributed by atoms with E-state index >= 15 is 0 Å². The van der Waals surface area contributed by atoms with E-state index in [2.05, 4.69) is 39.1 Å². The van der Waals surface area contributed by atoms with Crippen LogP contribution in [0.5, 0.6) is 5.75 Å². The molecule has 0 bridgehead atoms. The first-order chi connectivity index (χ1) is 11.4. The van der Waals surface area contributed by atoms with Crippen molar-refractivity contribution < 1.29 is 9.47 Å². The maximum absolute atomic E-state index is 6.15. The average molecular weight is 346 g/mol. The highest BCUT2D eigenvalue weighted by molar-refractivity contribution is 7.18. The second-order valence-corrected chi connectivity index (χ2v) is 8.20. The van der Waals surface area contributed by atoms with E-state index in [1.54, 1.807) is 18.4 Å². The molecule has 1 fully saturated rings. The van der Waals surface area contributed by atoms with E-state index in [9.17, 15) is 0 Å². The third-order valence-electron chi connectivity index (χ3n) is 3.85. The molecular weight excluding hydrogens is 320 g/mol. The summed E-state index contributed by atoms with van der Waals surface area (Å²) in [6.07, 6.45) is 3.22. The normalized spacial score (nSPS) is 15.3. The van der Waals surface area contributed by atoms with E-state index in [4.69, 9.17) is 14.5 Å². The van der Waals surface area contributed by atoms with Gasteiger partial charge in [-0.25, -0.2) is 4.98 Å². The summed E-state index contributed by atoms with van der Waals surface area (Å²) in [6, 6.07) is 6.20. The van der Waals surface area contributed by atoms with Crippen molar-refractivity contribution in [3.05, 3.63) is 34.7 Å². The number of hydrogen-bond donors (Lipinski definition) is 1. The maximum Gasteiger partial charge on any atom is 0.186 e. The largest absolute Gasteiger partial charge is 0.497 e. The van der Waals surface area contributed by atoms with Crippen LogP contribution in [-0.2, 0) is 4.74 Å². The lowest BCUT2D eigenvalue weighted by molar-refractivity contribution is 0.0360. The van der Waals surface area contributed by atoms with Gasteiger partial charge < -0.3 is 14.8 Å². The highest BCUT2D eigenvalue weighted by Gasteiger charge is 2.26. The molecular formula is C19H26N2O2S. The fraction of sp³-hybridized carbons (Fsp3) is 0.526. The topological polar surface area (TPSA) is 43.4 Å². The molecule has 4 nitrogen and oxygen atoms in total. The molecule has 1 atom stereocenters. The molecule has 2 aromatic rings. The van der Waals surface area contributed by atoms with Gasteiger partial charge in [0.2, 0.25) is 0 Å². The number of hydrogen-bond acceptors (Lipinski definition) is 5. The lowest BCUT2D eigenvalue weighted by Gasteiger charge is -2.26. The molecule has 24 heavy (non-hydrogen) atoms. The van der Waals surface area contributed by atoms with Gasteiger partial charge in [0.15, 0.2) is 5.88 Å². The van der Waals surface area contributed by atoms with Crippen molar-refractivity contribution in [2.45, 2.75) is 58.6 Å². The van der Waals surface area contributed by atoms with Crippen molar-refractivity contribution in [3.63, 3.8) is 0 Å². The Morgan fingerprint density at radius 1 is 1.33 bits per heavy atom. The van der Waals surface area contributed by atoms with Crippen LogP contribution in [0, 0.1) is 0 Å². The van der Waals surface area contributed by atoms with E-state index in [1.807, 2.05) is 12.1 Å². The standard InChI is InChI=1S/C19H26N2O2S/c1-6-14(20-17(12-7-8-12)23-19(2,3)4)18-21-15-10-9-13(22-5)11-16(15)24-18/h9-11,14,20H,6-8H2,1-5H3. The van der Waals surface area contributed by atoms with Crippen LogP contribution in [0.4, 0.5) is 0 Å². The van der Waals surface area contributed by atoms with Gasteiger partial charge >= 0.3 is 0 Å². The molecule has 0 radical (unpaired) electrons. The maximum atomic E-state index is 6.15. The summed E-state index contributed by atoms with van der Waals surface area (Å²) in [5, 5.41) is 4.70. The molecule has 1 aliphatic rings. The number of thiazole rings is 1. The molecule has 1 heterocycles. The summed E-state index contributed by atoms with van der Waals surface area (Å²) in [6.45, 7) is 8.43. The van der Waals surface area contributed by atoms with Crippen molar-refractivity contribution in [1.29, 1.82) is 0 Å². The monoisotopic (exact) mass is 346 g/mol. The molecule has 0 spiro atoms. The molecule has 1 aromatic carbocycles. The van der Waals surface area contributed by atoms with Crippen LogP contribution in [-0.4, -0.2) is 17.7 Å². The zero-order valence-electron chi connectivity index (χ0n) is 15.1. The SMILES string of the molecule is CCC(NC(OC(C)(C)C)=C1CC1)c1nc2ccc(OC)cc2s1. The van der Waals surface area contributed by atoms with Crippen molar-refractivity contribution in [3.8, 4) is 5.75 Å². The summed E-state index contributed by atoms with van der Waals surface area (Å²) < 4.78 is 12.6. The van der Waals surface area contributed by atoms with E-state index in [-0.39, 0.29) is 11.6 Å². The second kappa shape index (κ2) is 6.63. The van der Waals surface area contributed by atoms with Gasteiger partial charge in [-0.05, 0) is 63.8 Å². The van der Waals surface area contributed by atoms with Gasteiger partial charge in [0.05, 0.1) is 23.4 Å². The Bertz CT molecular complexity index is 752. The zero-order valence-corrected chi connectivity index (χ0v) is 15.9. The highest BCUT2D eigenvalue weighted by Crippen LogP contribution is 2.36. The van der Waals surface area contributed by atoms with Crippen LogP contribution in [0.2, 0.25) is 0 Å². The highest BCUT2D eigenvalue weighted by atomic mass is 32.1. The van der Waals surface area contributed by atoms with Gasteiger partial charge in [-0.1, -0.05) is 6.92 Å². The predicted molar refractivity (Wildman–Crippen MR) is 99.4 cm³/mol. The van der Waals surface area contributed by atoms with Crippen LogP contribution < -0.4 is 10.1 Å². The number of nitrogens with zero attached hydrogens (tertiary/aromatic N) is 1. The molecule has 1 aromatic heterocycles. The van der Waals surface area contributed by atoms with Crippen molar-refractivity contribution in [2.24, 2.45) is 0 Å². The number of nitrogens with one attached hydrogen (secondary N) is 1. The third-order valence-corrected chi connectivity index (χ3v) is 4.99. The van der Waals surface area contributed by atoms with Crippen LogP contribution in [0.1, 0.15) is 58.0 Å². The Morgan fingerprint density at radius 3 is 2.67 bits per heavy atom. The number of fused-ring (bicyclic) bond motifs is 1. The first-order valence-electron chi connectivity index (χ1n) is 8.51. The lowest BCUT2D eigenvalue weighted by atomic mass is 10.2. The lowest BCUT2D eigenvalue weighted by Crippen LogP contribution is -2.28. The fourth-order valence-electron chi connectivity index (χ4n) is 2.49. The number of aromatic nitrogens is 1. The summed E-state index contributed by atoms with van der Waals surface area (Å²) >= 11 is 1.72. The summed E-state index contributed by atoms with van der Waals surface area (Å²) in [5.41, 5.74) is 2.21. The van der Waals surface area contributed by atoms with Gasteiger partial charge in [-0.2, -0.15) is 0 Å². The van der Waals surface area contributed by atoms with E-state index in [1.165, 1.54) is 5.57 Å². The molecule has 1 saturated carbocycles. The number of benzene rings is 1. The Labute approximate surface area is 147 Å². The number of allylic oxidation sites excluding steroid dienone is 1. The third kappa shape index (κ3) is 4.01. The zero-order chi connectivity index (χ0) is 17.3. The minimum Gasteiger partial charge on any atom is -0.497 e. The molecule has 0 amide bonds. The molecule has 0 aliphatic heterocycles. The summed E-state index contributed by atoms with van der Waals surface area (Å²) in [7, 11) is 1.69. The first kappa shape index (κ1) is 17.1. The Hall–Kier alpha value is -1.75. The van der Waals surface area contributed by atoms with Crippen LogP contribution in [0.25, 0.3) is 10.2 Å². The molecule has 0 saturated heterocycles. The van der Waals surface area contributed by atoms with Gasteiger partial charge in [-0.3, -0.25) is 0 Å². The predicted octanol–water partition coefficient (Wildman–Crippen LogP) is 5.17. The minimum atomic E-state index is -0.197. The van der Waals surface area contributed by atoms with Crippen LogP contribution in [0.15, 0.2) is 29.7 Å². The fourth-order valence-corrected chi connectivity index (χ4v) is 3.63. The van der Waals surface area contributed by atoms with Crippen molar-refractivity contribution in [2.75, 3.05) is 7.11 Å². The molecule has 3 rings (SSSR count). The minimum absolute atomic E-state index is 0.166. The second-order valence-electron chi connectivity index (χ2n) is 7.14. The molecule has 1 unspecified atom stereocenters. The molecule has 5 heteroatoms. The Morgan fingerprint density at radius 2 is 2.08 bits per heavy atom. The van der Waals surface area contributed by atoms with Crippen LogP contribution in [0.3, 0.4) is 0 Å². The van der Waals surface area contributed by atoms with Crippen molar-refractivity contribution >= 4 is 21.6 Å².